The van der Waals surface area contributed by atoms with Crippen molar-refractivity contribution in [3.8, 4) is 0 Å². The predicted octanol–water partition coefficient (Wildman–Crippen LogP) is 4.00. The molecule has 5 rings (SSSR count). The van der Waals surface area contributed by atoms with Crippen molar-refractivity contribution in [2.75, 3.05) is 5.32 Å². The van der Waals surface area contributed by atoms with Gasteiger partial charge in [-0.25, -0.2) is 9.07 Å². The Bertz CT molecular complexity index is 1030. The van der Waals surface area contributed by atoms with Gasteiger partial charge in [-0.2, -0.15) is 10.1 Å². The van der Waals surface area contributed by atoms with E-state index in [9.17, 15) is 9.18 Å². The molecule has 0 spiro atoms. The number of benzene rings is 1. The molecule has 0 unspecified atom stereocenters. The van der Waals surface area contributed by atoms with Crippen molar-refractivity contribution in [1.82, 2.24) is 14.8 Å². The van der Waals surface area contributed by atoms with Crippen LogP contribution >= 0.6 is 0 Å². The fraction of sp³-hybridized carbons (Fsp3) is 0.450. The first-order valence-corrected chi connectivity index (χ1v) is 9.58. The van der Waals surface area contributed by atoms with Crippen LogP contribution in [0.5, 0.6) is 0 Å². The van der Waals surface area contributed by atoms with Crippen LogP contribution in [0.15, 0.2) is 39.5 Å². The van der Waals surface area contributed by atoms with Crippen LogP contribution in [0.25, 0.3) is 11.1 Å². The van der Waals surface area contributed by atoms with Crippen LogP contribution in [0, 0.1) is 5.82 Å². The average molecular weight is 368 g/mol. The fourth-order valence-electron chi connectivity index (χ4n) is 3.90. The van der Waals surface area contributed by atoms with Crippen LogP contribution in [0.2, 0.25) is 0 Å². The molecule has 140 valence electrons. The highest BCUT2D eigenvalue weighted by Gasteiger charge is 2.28. The van der Waals surface area contributed by atoms with E-state index in [1.54, 1.807) is 16.8 Å². The van der Waals surface area contributed by atoms with E-state index in [0.717, 1.165) is 31.4 Å². The van der Waals surface area contributed by atoms with Crippen LogP contribution in [-0.4, -0.2) is 20.8 Å². The van der Waals surface area contributed by atoms with Crippen LogP contribution in [0.3, 0.4) is 0 Å². The number of anilines is 1. The Morgan fingerprint density at radius 1 is 1.07 bits per heavy atom. The highest BCUT2D eigenvalue weighted by molar-refractivity contribution is 5.74. The molecule has 0 amide bonds. The van der Waals surface area contributed by atoms with Gasteiger partial charge in [-0.1, -0.05) is 0 Å². The molecule has 0 radical (unpaired) electrons. The molecule has 2 fully saturated rings. The van der Waals surface area contributed by atoms with E-state index in [2.05, 4.69) is 15.4 Å². The van der Waals surface area contributed by atoms with E-state index < -0.39 is 0 Å². The first-order chi connectivity index (χ1) is 13.2. The molecule has 0 saturated heterocycles. The molecular formula is C20H21FN4O2. The second kappa shape index (κ2) is 6.48. The van der Waals surface area contributed by atoms with E-state index in [1.807, 2.05) is 6.07 Å². The van der Waals surface area contributed by atoms with Gasteiger partial charge in [0.15, 0.2) is 5.58 Å². The van der Waals surface area contributed by atoms with E-state index in [-0.39, 0.29) is 23.5 Å². The Hall–Kier alpha value is -2.70. The molecule has 6 nitrogen and oxygen atoms in total. The Morgan fingerprint density at radius 3 is 2.67 bits per heavy atom. The molecule has 0 bridgehead atoms. The summed E-state index contributed by atoms with van der Waals surface area (Å²) in [6, 6.07) is 8.65. The summed E-state index contributed by atoms with van der Waals surface area (Å²) in [7, 11) is 0. The zero-order valence-electron chi connectivity index (χ0n) is 14.9. The molecule has 3 aromatic rings. The SMILES string of the molecule is O=c1ccc(C2CC2)nn1C1CCC(Nc2nc3ccc(F)cc3o2)CC1. The summed E-state index contributed by atoms with van der Waals surface area (Å²) in [4.78, 5) is 16.6. The lowest BCUT2D eigenvalue weighted by Gasteiger charge is -2.29. The number of aromatic nitrogens is 3. The van der Waals surface area contributed by atoms with E-state index in [4.69, 9.17) is 4.42 Å². The Labute approximate surface area is 155 Å². The summed E-state index contributed by atoms with van der Waals surface area (Å²) in [6.07, 6.45) is 5.92. The van der Waals surface area contributed by atoms with Gasteiger partial charge in [0, 0.05) is 24.1 Å². The number of oxazole rings is 1. The van der Waals surface area contributed by atoms with Gasteiger partial charge in [0.1, 0.15) is 11.3 Å². The summed E-state index contributed by atoms with van der Waals surface area (Å²) < 4.78 is 20.6. The third-order valence-electron chi connectivity index (χ3n) is 5.56. The maximum absolute atomic E-state index is 13.3. The van der Waals surface area contributed by atoms with Crippen molar-refractivity contribution in [3.05, 3.63) is 52.2 Å². The maximum atomic E-state index is 13.3. The van der Waals surface area contributed by atoms with E-state index in [1.165, 1.54) is 25.0 Å². The first kappa shape index (κ1) is 16.5. The lowest BCUT2D eigenvalue weighted by Crippen LogP contribution is -2.33. The quantitative estimate of drug-likeness (QED) is 0.754. The third kappa shape index (κ3) is 3.34. The summed E-state index contributed by atoms with van der Waals surface area (Å²) in [6.45, 7) is 0. The van der Waals surface area contributed by atoms with Crippen LogP contribution in [0.4, 0.5) is 10.4 Å². The van der Waals surface area contributed by atoms with Crippen molar-refractivity contribution in [1.29, 1.82) is 0 Å². The Morgan fingerprint density at radius 2 is 1.89 bits per heavy atom. The van der Waals surface area contributed by atoms with Crippen molar-refractivity contribution in [3.63, 3.8) is 0 Å². The standard InChI is InChI=1S/C20H21FN4O2/c21-13-3-8-17-18(11-13)27-20(23-17)22-14-4-6-15(7-5-14)25-19(26)10-9-16(24-25)12-1-2-12/h3,8-12,14-15H,1-2,4-7H2,(H,22,23). The van der Waals surface area contributed by atoms with Gasteiger partial charge in [0.2, 0.25) is 0 Å². The molecule has 2 aromatic heterocycles. The minimum absolute atomic E-state index is 0.0169. The number of hydrogen-bond donors (Lipinski definition) is 1. The summed E-state index contributed by atoms with van der Waals surface area (Å²) in [5, 5.41) is 7.93. The highest BCUT2D eigenvalue weighted by atomic mass is 19.1. The molecule has 27 heavy (non-hydrogen) atoms. The molecule has 7 heteroatoms. The van der Waals surface area contributed by atoms with Crippen LogP contribution in [-0.2, 0) is 0 Å². The second-order valence-corrected chi connectivity index (χ2v) is 7.60. The number of fused-ring (bicyclic) bond motifs is 1. The van der Waals surface area contributed by atoms with Crippen LogP contribution in [0.1, 0.15) is 56.2 Å². The van der Waals surface area contributed by atoms with Crippen molar-refractivity contribution < 1.29 is 8.81 Å². The molecule has 0 aliphatic heterocycles. The Balaban J connectivity index is 1.26. The van der Waals surface area contributed by atoms with Gasteiger partial charge in [-0.15, -0.1) is 0 Å². The monoisotopic (exact) mass is 368 g/mol. The lowest BCUT2D eigenvalue weighted by atomic mass is 9.91. The molecule has 2 saturated carbocycles. The van der Waals surface area contributed by atoms with Crippen molar-refractivity contribution in [2.24, 2.45) is 0 Å². The van der Waals surface area contributed by atoms with Gasteiger partial charge < -0.3 is 9.73 Å². The summed E-state index contributed by atoms with van der Waals surface area (Å²) in [5.41, 5.74) is 2.12. The van der Waals surface area contributed by atoms with Gasteiger partial charge in [0.05, 0.1) is 11.7 Å². The number of nitrogens with one attached hydrogen (secondary N) is 1. The van der Waals surface area contributed by atoms with E-state index >= 15 is 0 Å². The largest absolute Gasteiger partial charge is 0.423 e. The summed E-state index contributed by atoms with van der Waals surface area (Å²) >= 11 is 0. The fourth-order valence-corrected chi connectivity index (χ4v) is 3.90. The first-order valence-electron chi connectivity index (χ1n) is 9.58. The molecular weight excluding hydrogens is 347 g/mol. The number of nitrogens with zero attached hydrogens (tertiary/aromatic N) is 3. The van der Waals surface area contributed by atoms with Crippen LogP contribution < -0.4 is 10.9 Å². The number of halogens is 1. The lowest BCUT2D eigenvalue weighted by molar-refractivity contribution is 0.299. The molecule has 2 aliphatic rings. The molecule has 2 heterocycles. The maximum Gasteiger partial charge on any atom is 0.295 e. The zero-order chi connectivity index (χ0) is 18.4. The zero-order valence-corrected chi connectivity index (χ0v) is 14.9. The van der Waals surface area contributed by atoms with Gasteiger partial charge in [-0.05, 0) is 56.7 Å². The topological polar surface area (TPSA) is 73.0 Å². The van der Waals surface area contributed by atoms with Gasteiger partial charge >= 0.3 is 0 Å². The second-order valence-electron chi connectivity index (χ2n) is 7.60. The number of rotatable bonds is 4. The molecule has 2 aliphatic carbocycles. The molecule has 1 aromatic carbocycles. The predicted molar refractivity (Wildman–Crippen MR) is 99.4 cm³/mol. The van der Waals surface area contributed by atoms with Gasteiger partial charge in [-0.3, -0.25) is 4.79 Å². The minimum Gasteiger partial charge on any atom is -0.423 e. The highest BCUT2D eigenvalue weighted by Crippen LogP contribution is 2.39. The average Bonchev–Trinajstić information content (AvgIpc) is 3.44. The molecule has 0 atom stereocenters. The van der Waals surface area contributed by atoms with Gasteiger partial charge in [0.25, 0.3) is 11.6 Å². The normalized spacial score (nSPS) is 22.9. The Kier molecular flexibility index (Phi) is 3.95. The minimum atomic E-state index is -0.336. The number of hydrogen-bond acceptors (Lipinski definition) is 5. The molecule has 1 N–H and O–H groups in total. The van der Waals surface area contributed by atoms with Crippen molar-refractivity contribution >= 4 is 17.1 Å². The third-order valence-corrected chi connectivity index (χ3v) is 5.56. The smallest absolute Gasteiger partial charge is 0.295 e. The summed E-state index contributed by atoms with van der Waals surface area (Å²) in [5.74, 6) is 0.205. The van der Waals surface area contributed by atoms with E-state index in [0.29, 0.717) is 23.0 Å². The van der Waals surface area contributed by atoms with Crippen molar-refractivity contribution in [2.45, 2.75) is 56.5 Å².